The lowest BCUT2D eigenvalue weighted by molar-refractivity contribution is -0.148. The first-order valence-corrected chi connectivity index (χ1v) is 7.49. The van der Waals surface area contributed by atoms with Gasteiger partial charge in [0.05, 0.1) is 6.10 Å². The number of carbonyl (C=O) groups excluding carboxylic acids is 1. The van der Waals surface area contributed by atoms with Crippen molar-refractivity contribution in [2.24, 2.45) is 5.41 Å². The van der Waals surface area contributed by atoms with Crippen molar-refractivity contribution >= 4 is 11.9 Å². The SMILES string of the molecule is COC(C)c1cc(F)c(F)cc1CN(CC(=O)O)C(=O)C(C)(C)C. The Hall–Kier alpha value is -2.02. The van der Waals surface area contributed by atoms with Crippen LogP contribution >= 0.6 is 0 Å². The van der Waals surface area contributed by atoms with Gasteiger partial charge in [-0.05, 0) is 30.2 Å². The third-order valence-electron chi connectivity index (χ3n) is 3.59. The monoisotopic (exact) mass is 343 g/mol. The molecule has 1 N–H and O–H groups in total. The van der Waals surface area contributed by atoms with Crippen molar-refractivity contribution in [3.63, 3.8) is 0 Å². The molecule has 0 radical (unpaired) electrons. The topological polar surface area (TPSA) is 66.8 Å². The van der Waals surface area contributed by atoms with E-state index in [9.17, 15) is 18.4 Å². The van der Waals surface area contributed by atoms with E-state index in [1.807, 2.05) is 0 Å². The normalized spacial score (nSPS) is 12.8. The van der Waals surface area contributed by atoms with Gasteiger partial charge in [-0.1, -0.05) is 20.8 Å². The molecule has 0 bridgehead atoms. The Bertz CT molecular complexity index is 626. The molecule has 5 nitrogen and oxygen atoms in total. The summed E-state index contributed by atoms with van der Waals surface area (Å²) in [6, 6.07) is 1.99. The Balaban J connectivity index is 3.29. The molecule has 1 amide bonds. The minimum Gasteiger partial charge on any atom is -0.480 e. The zero-order chi connectivity index (χ0) is 18.7. The number of halogens is 2. The molecule has 1 aromatic rings. The Morgan fingerprint density at radius 3 is 2.25 bits per heavy atom. The van der Waals surface area contributed by atoms with Gasteiger partial charge in [0.1, 0.15) is 6.54 Å². The maximum absolute atomic E-state index is 13.6. The van der Waals surface area contributed by atoms with Crippen LogP contribution in [0.1, 0.15) is 44.9 Å². The number of methoxy groups -OCH3 is 1. The summed E-state index contributed by atoms with van der Waals surface area (Å²) in [4.78, 5) is 24.7. The van der Waals surface area contributed by atoms with Crippen LogP contribution in [-0.2, 0) is 20.9 Å². The van der Waals surface area contributed by atoms with Crippen molar-refractivity contribution in [2.45, 2.75) is 40.3 Å². The predicted molar refractivity (Wildman–Crippen MR) is 84.3 cm³/mol. The minimum absolute atomic E-state index is 0.150. The molecule has 0 aliphatic heterocycles. The highest BCUT2D eigenvalue weighted by atomic mass is 19.2. The van der Waals surface area contributed by atoms with Gasteiger partial charge in [0.2, 0.25) is 5.91 Å². The van der Waals surface area contributed by atoms with Gasteiger partial charge < -0.3 is 14.7 Å². The fourth-order valence-electron chi connectivity index (χ4n) is 2.29. The predicted octanol–water partition coefficient (Wildman–Crippen LogP) is 3.13. The van der Waals surface area contributed by atoms with Crippen LogP contribution in [0.5, 0.6) is 0 Å². The molecule has 0 saturated carbocycles. The number of ether oxygens (including phenoxy) is 1. The van der Waals surface area contributed by atoms with Gasteiger partial charge in [0, 0.05) is 19.1 Å². The van der Waals surface area contributed by atoms with Crippen molar-refractivity contribution in [3.8, 4) is 0 Å². The third kappa shape index (κ3) is 4.99. The van der Waals surface area contributed by atoms with Crippen molar-refractivity contribution < 1.29 is 28.2 Å². The number of rotatable bonds is 6. The van der Waals surface area contributed by atoms with Crippen LogP contribution in [-0.4, -0.2) is 35.5 Å². The minimum atomic E-state index is -1.18. The second kappa shape index (κ2) is 7.70. The molecule has 0 heterocycles. The zero-order valence-electron chi connectivity index (χ0n) is 14.5. The average molecular weight is 343 g/mol. The van der Waals surface area contributed by atoms with Crippen LogP contribution < -0.4 is 0 Å². The molecule has 0 spiro atoms. The third-order valence-corrected chi connectivity index (χ3v) is 3.59. The molecular formula is C17H23F2NO4. The average Bonchev–Trinajstić information content (AvgIpc) is 2.46. The Labute approximate surface area is 140 Å². The summed E-state index contributed by atoms with van der Waals surface area (Å²) >= 11 is 0. The van der Waals surface area contributed by atoms with Gasteiger partial charge in [0.25, 0.3) is 0 Å². The molecule has 0 aliphatic rings. The van der Waals surface area contributed by atoms with Crippen LogP contribution in [0.15, 0.2) is 12.1 Å². The first-order chi connectivity index (χ1) is 11.0. The van der Waals surface area contributed by atoms with Crippen molar-refractivity contribution in [1.82, 2.24) is 4.90 Å². The summed E-state index contributed by atoms with van der Waals surface area (Å²) in [6.07, 6.45) is -0.536. The maximum atomic E-state index is 13.6. The first-order valence-electron chi connectivity index (χ1n) is 7.49. The van der Waals surface area contributed by atoms with Gasteiger partial charge in [-0.3, -0.25) is 9.59 Å². The largest absolute Gasteiger partial charge is 0.480 e. The van der Waals surface area contributed by atoms with E-state index in [1.165, 1.54) is 7.11 Å². The highest BCUT2D eigenvalue weighted by Crippen LogP contribution is 2.26. The molecule has 7 heteroatoms. The van der Waals surface area contributed by atoms with Crippen molar-refractivity contribution in [2.75, 3.05) is 13.7 Å². The van der Waals surface area contributed by atoms with E-state index in [2.05, 4.69) is 0 Å². The maximum Gasteiger partial charge on any atom is 0.323 e. The van der Waals surface area contributed by atoms with Gasteiger partial charge in [0.15, 0.2) is 11.6 Å². The Morgan fingerprint density at radius 1 is 1.25 bits per heavy atom. The molecule has 134 valence electrons. The van der Waals surface area contributed by atoms with E-state index in [0.717, 1.165) is 17.0 Å². The lowest BCUT2D eigenvalue weighted by Crippen LogP contribution is -2.42. The number of nitrogens with zero attached hydrogens (tertiary/aromatic N) is 1. The number of aliphatic carboxylic acids is 1. The molecule has 0 aromatic heterocycles. The van der Waals surface area contributed by atoms with Gasteiger partial charge in [-0.2, -0.15) is 0 Å². The molecule has 1 aromatic carbocycles. The number of amides is 1. The lowest BCUT2D eigenvalue weighted by atomic mass is 9.94. The van der Waals surface area contributed by atoms with E-state index in [4.69, 9.17) is 9.84 Å². The summed E-state index contributed by atoms with van der Waals surface area (Å²) in [6.45, 7) is 5.96. The molecule has 24 heavy (non-hydrogen) atoms. The highest BCUT2D eigenvalue weighted by Gasteiger charge is 2.29. The molecule has 1 unspecified atom stereocenters. The second-order valence-electron chi connectivity index (χ2n) is 6.65. The lowest BCUT2D eigenvalue weighted by Gasteiger charge is -2.29. The standard InChI is InChI=1S/C17H23F2NO4/c1-10(24-5)12-7-14(19)13(18)6-11(12)8-20(9-15(21)22)16(23)17(2,3)4/h6-7,10H,8-9H2,1-5H3,(H,21,22). The van der Waals surface area contributed by atoms with Crippen molar-refractivity contribution in [1.29, 1.82) is 0 Å². The van der Waals surface area contributed by atoms with Crippen LogP contribution in [0.4, 0.5) is 8.78 Å². The summed E-state index contributed by atoms with van der Waals surface area (Å²) < 4.78 is 32.3. The van der Waals surface area contributed by atoms with Crippen molar-refractivity contribution in [3.05, 3.63) is 34.9 Å². The fraction of sp³-hybridized carbons (Fsp3) is 0.529. The van der Waals surface area contributed by atoms with Gasteiger partial charge in [-0.15, -0.1) is 0 Å². The summed E-state index contributed by atoms with van der Waals surface area (Å²) in [5, 5.41) is 9.05. The number of hydrogen-bond donors (Lipinski definition) is 1. The summed E-state index contributed by atoms with van der Waals surface area (Å²) in [5.74, 6) is -3.66. The Morgan fingerprint density at radius 2 is 1.79 bits per heavy atom. The number of carboxylic acids is 1. The van der Waals surface area contributed by atoms with Crippen LogP contribution in [0, 0.1) is 17.0 Å². The molecule has 0 saturated heterocycles. The second-order valence-corrected chi connectivity index (χ2v) is 6.65. The quantitative estimate of drug-likeness (QED) is 0.862. The van der Waals surface area contributed by atoms with Gasteiger partial charge >= 0.3 is 5.97 Å². The fourth-order valence-corrected chi connectivity index (χ4v) is 2.29. The van der Waals surface area contributed by atoms with Crippen LogP contribution in [0.3, 0.4) is 0 Å². The van der Waals surface area contributed by atoms with E-state index in [0.29, 0.717) is 11.1 Å². The molecular weight excluding hydrogens is 320 g/mol. The van der Waals surface area contributed by atoms with E-state index in [1.54, 1.807) is 27.7 Å². The number of carbonyl (C=O) groups is 2. The van der Waals surface area contributed by atoms with E-state index in [-0.39, 0.29) is 6.54 Å². The number of carboxylic acid groups (broad SMARTS) is 1. The van der Waals surface area contributed by atoms with E-state index < -0.39 is 41.6 Å². The van der Waals surface area contributed by atoms with Crippen LogP contribution in [0.25, 0.3) is 0 Å². The molecule has 1 atom stereocenters. The van der Waals surface area contributed by atoms with Gasteiger partial charge in [-0.25, -0.2) is 8.78 Å². The number of benzene rings is 1. The summed E-state index contributed by atoms with van der Waals surface area (Å²) in [7, 11) is 1.42. The zero-order valence-corrected chi connectivity index (χ0v) is 14.5. The number of hydrogen-bond acceptors (Lipinski definition) is 3. The molecule has 1 rings (SSSR count). The first kappa shape index (κ1) is 20.0. The summed E-state index contributed by atoms with van der Waals surface area (Å²) in [5.41, 5.74) is -0.128. The smallest absolute Gasteiger partial charge is 0.323 e. The van der Waals surface area contributed by atoms with E-state index >= 15 is 0 Å². The van der Waals surface area contributed by atoms with Crippen LogP contribution in [0.2, 0.25) is 0 Å². The molecule has 0 aliphatic carbocycles. The highest BCUT2D eigenvalue weighted by molar-refractivity contribution is 5.85. The Kier molecular flexibility index (Phi) is 6.42. The molecule has 0 fully saturated rings.